The van der Waals surface area contributed by atoms with E-state index in [1.54, 1.807) is 25.6 Å². The Morgan fingerprint density at radius 1 is 1.10 bits per heavy atom. The van der Waals surface area contributed by atoms with Crippen LogP contribution in [-0.2, 0) is 16.0 Å². The fraction of sp³-hybridized carbons (Fsp3) is 0.548. The SMILES string of the molecule is COc1ccc(N2CCN([C@H](C=O)c3n[nH]c(C)n3)C(CC(C)C)C2)cc1OC1CCCC1.O=CCc1ncccn1. The molecule has 1 unspecified atom stereocenters. The van der Waals surface area contributed by atoms with Gasteiger partial charge in [-0.15, -0.1) is 0 Å². The molecule has 1 aliphatic carbocycles. The maximum Gasteiger partial charge on any atom is 0.175 e. The van der Waals surface area contributed by atoms with Crippen molar-refractivity contribution in [1.82, 2.24) is 30.0 Å². The van der Waals surface area contributed by atoms with Crippen LogP contribution < -0.4 is 14.4 Å². The molecule has 0 radical (unpaired) electrons. The minimum absolute atomic E-state index is 0.217. The molecule has 1 aromatic carbocycles. The van der Waals surface area contributed by atoms with Crippen LogP contribution >= 0.6 is 0 Å². The highest BCUT2D eigenvalue weighted by Crippen LogP contribution is 2.36. The summed E-state index contributed by atoms with van der Waals surface area (Å²) in [7, 11) is 1.69. The quantitative estimate of drug-likeness (QED) is 0.332. The van der Waals surface area contributed by atoms with Gasteiger partial charge in [0.05, 0.1) is 19.6 Å². The number of aryl methyl sites for hydroxylation is 1. The highest BCUT2D eigenvalue weighted by Gasteiger charge is 2.35. The molecule has 1 saturated heterocycles. The summed E-state index contributed by atoms with van der Waals surface area (Å²) in [4.78, 5) is 38.8. The van der Waals surface area contributed by atoms with Crippen molar-refractivity contribution in [2.24, 2.45) is 5.92 Å². The minimum atomic E-state index is -0.432. The van der Waals surface area contributed by atoms with Gasteiger partial charge < -0.3 is 24.0 Å². The van der Waals surface area contributed by atoms with Gasteiger partial charge in [0, 0.05) is 49.8 Å². The number of rotatable bonds is 11. The lowest BCUT2D eigenvalue weighted by Crippen LogP contribution is -2.55. The zero-order valence-corrected chi connectivity index (χ0v) is 25.1. The molecule has 3 heterocycles. The van der Waals surface area contributed by atoms with Crippen LogP contribution in [0.4, 0.5) is 5.69 Å². The molecule has 11 heteroatoms. The Kier molecular flexibility index (Phi) is 11.4. The molecule has 0 bridgehead atoms. The Bertz CT molecular complexity index is 1260. The van der Waals surface area contributed by atoms with E-state index in [9.17, 15) is 9.59 Å². The number of anilines is 1. The van der Waals surface area contributed by atoms with E-state index in [2.05, 4.69) is 60.9 Å². The van der Waals surface area contributed by atoms with Crippen molar-refractivity contribution in [3.63, 3.8) is 0 Å². The summed E-state index contributed by atoms with van der Waals surface area (Å²) in [5, 5.41) is 7.16. The first kappa shape index (κ1) is 31.1. The second-order valence-corrected chi connectivity index (χ2v) is 11.2. The molecular formula is C31H43N7O4. The lowest BCUT2D eigenvalue weighted by Gasteiger charge is -2.44. The van der Waals surface area contributed by atoms with Gasteiger partial charge in [0.1, 0.15) is 30.3 Å². The normalized spacial score (nSPS) is 18.3. The monoisotopic (exact) mass is 577 g/mol. The Morgan fingerprint density at radius 2 is 1.86 bits per heavy atom. The number of nitrogens with one attached hydrogen (secondary N) is 1. The third kappa shape index (κ3) is 8.34. The topological polar surface area (TPSA) is 126 Å². The van der Waals surface area contributed by atoms with Gasteiger partial charge in [0.2, 0.25) is 0 Å². The summed E-state index contributed by atoms with van der Waals surface area (Å²) in [5.41, 5.74) is 1.13. The minimum Gasteiger partial charge on any atom is -0.493 e. The second kappa shape index (κ2) is 15.4. The molecule has 3 aromatic rings. The third-order valence-corrected chi connectivity index (χ3v) is 7.63. The zero-order valence-electron chi connectivity index (χ0n) is 25.1. The summed E-state index contributed by atoms with van der Waals surface area (Å²) in [6.45, 7) is 8.73. The number of ether oxygens (including phenoxy) is 2. The van der Waals surface area contributed by atoms with E-state index >= 15 is 0 Å². The number of aromatic amines is 1. The Morgan fingerprint density at radius 3 is 2.48 bits per heavy atom. The van der Waals surface area contributed by atoms with Gasteiger partial charge in [-0.25, -0.2) is 15.0 Å². The van der Waals surface area contributed by atoms with Crippen LogP contribution in [0.5, 0.6) is 11.5 Å². The van der Waals surface area contributed by atoms with Crippen LogP contribution in [0, 0.1) is 12.8 Å². The lowest BCUT2D eigenvalue weighted by atomic mass is 9.97. The molecule has 1 saturated carbocycles. The van der Waals surface area contributed by atoms with Crippen molar-refractivity contribution in [2.45, 2.75) is 77.5 Å². The molecule has 0 spiro atoms. The summed E-state index contributed by atoms with van der Waals surface area (Å²) < 4.78 is 11.9. The lowest BCUT2D eigenvalue weighted by molar-refractivity contribution is -0.114. The van der Waals surface area contributed by atoms with Gasteiger partial charge in [-0.05, 0) is 63.1 Å². The highest BCUT2D eigenvalue weighted by molar-refractivity contribution is 5.60. The molecule has 11 nitrogen and oxygen atoms in total. The first-order valence-corrected chi connectivity index (χ1v) is 14.8. The van der Waals surface area contributed by atoms with Crippen LogP contribution in [0.15, 0.2) is 36.7 Å². The molecule has 1 aliphatic heterocycles. The molecule has 2 aromatic heterocycles. The van der Waals surface area contributed by atoms with Gasteiger partial charge >= 0.3 is 0 Å². The number of hydrogen-bond acceptors (Lipinski definition) is 10. The number of hydrogen-bond donors (Lipinski definition) is 1. The largest absolute Gasteiger partial charge is 0.493 e. The molecule has 1 N–H and O–H groups in total. The van der Waals surface area contributed by atoms with Crippen molar-refractivity contribution in [1.29, 1.82) is 0 Å². The molecule has 5 rings (SSSR count). The van der Waals surface area contributed by atoms with E-state index in [1.807, 2.05) is 13.0 Å². The highest BCUT2D eigenvalue weighted by atomic mass is 16.5. The van der Waals surface area contributed by atoms with E-state index < -0.39 is 6.04 Å². The molecule has 42 heavy (non-hydrogen) atoms. The molecule has 2 fully saturated rings. The van der Waals surface area contributed by atoms with E-state index in [-0.39, 0.29) is 12.1 Å². The zero-order chi connectivity index (χ0) is 29.9. The molecule has 2 aliphatic rings. The van der Waals surface area contributed by atoms with Crippen LogP contribution in [0.1, 0.15) is 69.5 Å². The number of aldehydes is 2. The van der Waals surface area contributed by atoms with Gasteiger partial charge in [-0.3, -0.25) is 10.00 Å². The standard InChI is InChI=1S/C25H37N5O3.C6H6N2O/c1-17(2)13-20-15-29(11-12-30(20)22(16-31)25-26-18(3)27-28-25)19-9-10-23(32-4)24(14-19)33-21-7-5-6-8-21;9-5-2-6-7-3-1-4-8-6/h9-10,14,16-17,20-22H,5-8,11-13,15H2,1-4H3,(H,26,27,28);1,3-5H,2H2/t20?,22-;/m1./s1. The maximum atomic E-state index is 12.1. The van der Waals surface area contributed by atoms with Gasteiger partial charge in [-0.2, -0.15) is 5.10 Å². The van der Waals surface area contributed by atoms with Crippen LogP contribution in [-0.4, -0.2) is 81.5 Å². The Hall–Kier alpha value is -3.86. The van der Waals surface area contributed by atoms with Crippen molar-refractivity contribution in [3.05, 3.63) is 54.1 Å². The Balaban J connectivity index is 0.000000385. The fourth-order valence-electron chi connectivity index (χ4n) is 5.65. The van der Waals surface area contributed by atoms with E-state index in [1.165, 1.54) is 12.8 Å². The average molecular weight is 578 g/mol. The number of nitrogens with zero attached hydrogens (tertiary/aromatic N) is 6. The van der Waals surface area contributed by atoms with E-state index in [4.69, 9.17) is 9.47 Å². The van der Waals surface area contributed by atoms with Crippen LogP contribution in [0.2, 0.25) is 0 Å². The second-order valence-electron chi connectivity index (χ2n) is 11.2. The smallest absolute Gasteiger partial charge is 0.175 e. The van der Waals surface area contributed by atoms with E-state index in [0.717, 1.165) is 74.5 Å². The number of aromatic nitrogens is 5. The van der Waals surface area contributed by atoms with Gasteiger partial charge in [0.15, 0.2) is 17.3 Å². The number of benzene rings is 1. The Labute approximate surface area is 248 Å². The molecule has 226 valence electrons. The summed E-state index contributed by atoms with van der Waals surface area (Å²) in [6, 6.07) is 7.74. The average Bonchev–Trinajstić information content (AvgIpc) is 3.67. The van der Waals surface area contributed by atoms with Gasteiger partial charge in [0.25, 0.3) is 0 Å². The van der Waals surface area contributed by atoms with Crippen molar-refractivity contribution >= 4 is 18.3 Å². The van der Waals surface area contributed by atoms with Crippen molar-refractivity contribution in [2.75, 3.05) is 31.6 Å². The summed E-state index contributed by atoms with van der Waals surface area (Å²) in [6.07, 6.45) is 11.2. The maximum absolute atomic E-state index is 12.1. The number of carbonyl (C=O) groups is 2. The van der Waals surface area contributed by atoms with E-state index in [0.29, 0.717) is 24.0 Å². The first-order valence-electron chi connectivity index (χ1n) is 14.8. The third-order valence-electron chi connectivity index (χ3n) is 7.63. The van der Waals surface area contributed by atoms with Crippen LogP contribution in [0.25, 0.3) is 0 Å². The number of carbonyl (C=O) groups excluding carboxylic acids is 2. The number of H-pyrrole nitrogens is 1. The van der Waals surface area contributed by atoms with Crippen molar-refractivity contribution < 1.29 is 19.1 Å². The van der Waals surface area contributed by atoms with Crippen LogP contribution in [0.3, 0.4) is 0 Å². The molecule has 2 atom stereocenters. The molecular weight excluding hydrogens is 534 g/mol. The summed E-state index contributed by atoms with van der Waals surface area (Å²) in [5.74, 6) is 3.98. The first-order chi connectivity index (χ1) is 20.4. The predicted molar refractivity (Wildman–Crippen MR) is 160 cm³/mol. The van der Waals surface area contributed by atoms with Gasteiger partial charge in [-0.1, -0.05) is 13.8 Å². The van der Waals surface area contributed by atoms with Crippen molar-refractivity contribution in [3.8, 4) is 11.5 Å². The number of methoxy groups -OCH3 is 1. The predicted octanol–water partition coefficient (Wildman–Crippen LogP) is 4.14. The molecule has 0 amide bonds. The summed E-state index contributed by atoms with van der Waals surface area (Å²) >= 11 is 0. The number of piperazine rings is 1. The fourth-order valence-corrected chi connectivity index (χ4v) is 5.65.